The standard InChI is InChI=1S/C14H18N2OS/c1-10-3-5-11(6-4-10)9-16-13(17)14(12(15)18)7-2-8-14/h3-6H,2,7-9H2,1H3,(H2,15,18)(H,16,17). The van der Waals surface area contributed by atoms with Crippen molar-refractivity contribution in [3.05, 3.63) is 35.4 Å². The lowest BCUT2D eigenvalue weighted by Gasteiger charge is -2.39. The maximum atomic E-state index is 12.2. The van der Waals surface area contributed by atoms with Gasteiger partial charge in [0.2, 0.25) is 5.91 Å². The average molecular weight is 262 g/mol. The minimum atomic E-state index is -0.583. The quantitative estimate of drug-likeness (QED) is 0.817. The van der Waals surface area contributed by atoms with Gasteiger partial charge in [-0.25, -0.2) is 0 Å². The molecule has 0 atom stereocenters. The molecule has 1 aliphatic rings. The zero-order chi connectivity index (χ0) is 13.2. The second-order valence-electron chi connectivity index (χ2n) is 4.97. The Balaban J connectivity index is 1.96. The number of nitrogens with one attached hydrogen (secondary N) is 1. The molecular weight excluding hydrogens is 244 g/mol. The second-order valence-corrected chi connectivity index (χ2v) is 5.41. The summed E-state index contributed by atoms with van der Waals surface area (Å²) >= 11 is 5.02. The van der Waals surface area contributed by atoms with Crippen molar-refractivity contribution in [2.75, 3.05) is 0 Å². The van der Waals surface area contributed by atoms with Crippen molar-refractivity contribution in [1.29, 1.82) is 0 Å². The highest BCUT2D eigenvalue weighted by Crippen LogP contribution is 2.41. The van der Waals surface area contributed by atoms with Gasteiger partial charge >= 0.3 is 0 Å². The molecule has 18 heavy (non-hydrogen) atoms. The highest BCUT2D eigenvalue weighted by atomic mass is 32.1. The molecule has 1 aromatic carbocycles. The molecule has 3 nitrogen and oxygen atoms in total. The van der Waals surface area contributed by atoms with Crippen molar-refractivity contribution >= 4 is 23.1 Å². The molecule has 96 valence electrons. The number of thiocarbonyl (C=S) groups is 1. The van der Waals surface area contributed by atoms with Crippen molar-refractivity contribution in [2.24, 2.45) is 11.1 Å². The molecule has 1 aliphatic carbocycles. The number of aryl methyl sites for hydroxylation is 1. The first-order valence-electron chi connectivity index (χ1n) is 6.18. The Kier molecular flexibility index (Phi) is 3.66. The number of carbonyl (C=O) groups is 1. The van der Waals surface area contributed by atoms with E-state index in [0.717, 1.165) is 24.8 Å². The maximum Gasteiger partial charge on any atom is 0.233 e. The van der Waals surface area contributed by atoms with Crippen LogP contribution in [-0.4, -0.2) is 10.9 Å². The summed E-state index contributed by atoms with van der Waals surface area (Å²) in [6.45, 7) is 2.57. The van der Waals surface area contributed by atoms with Gasteiger partial charge in [-0.05, 0) is 25.3 Å². The van der Waals surface area contributed by atoms with Crippen LogP contribution in [0, 0.1) is 12.3 Å². The molecule has 0 heterocycles. The highest BCUT2D eigenvalue weighted by Gasteiger charge is 2.46. The van der Waals surface area contributed by atoms with Crippen LogP contribution in [0.3, 0.4) is 0 Å². The largest absolute Gasteiger partial charge is 0.392 e. The van der Waals surface area contributed by atoms with Gasteiger partial charge in [0.1, 0.15) is 0 Å². The van der Waals surface area contributed by atoms with Crippen LogP contribution >= 0.6 is 12.2 Å². The van der Waals surface area contributed by atoms with E-state index in [1.807, 2.05) is 31.2 Å². The lowest BCUT2D eigenvalue weighted by molar-refractivity contribution is -0.131. The summed E-state index contributed by atoms with van der Waals surface area (Å²) in [4.78, 5) is 12.5. The van der Waals surface area contributed by atoms with Gasteiger partial charge in [-0.15, -0.1) is 0 Å². The Morgan fingerprint density at radius 3 is 2.44 bits per heavy atom. The van der Waals surface area contributed by atoms with Crippen LogP contribution in [0.5, 0.6) is 0 Å². The molecule has 0 bridgehead atoms. The molecule has 2 rings (SSSR count). The van der Waals surface area contributed by atoms with Crippen LogP contribution in [0.1, 0.15) is 30.4 Å². The Bertz CT molecular complexity index is 463. The van der Waals surface area contributed by atoms with Gasteiger partial charge in [-0.1, -0.05) is 48.5 Å². The number of nitrogens with two attached hydrogens (primary N) is 1. The van der Waals surface area contributed by atoms with E-state index in [1.165, 1.54) is 5.56 Å². The van der Waals surface area contributed by atoms with E-state index in [-0.39, 0.29) is 5.91 Å². The van der Waals surface area contributed by atoms with E-state index in [2.05, 4.69) is 5.32 Å². The lowest BCUT2D eigenvalue weighted by atomic mass is 9.68. The monoisotopic (exact) mass is 262 g/mol. The molecule has 1 saturated carbocycles. The Labute approximate surface area is 113 Å². The van der Waals surface area contributed by atoms with E-state index in [9.17, 15) is 4.79 Å². The topological polar surface area (TPSA) is 55.1 Å². The molecule has 3 N–H and O–H groups in total. The van der Waals surface area contributed by atoms with Crippen LogP contribution in [0.15, 0.2) is 24.3 Å². The minimum Gasteiger partial charge on any atom is -0.392 e. The summed E-state index contributed by atoms with van der Waals surface area (Å²) in [6.07, 6.45) is 2.58. The molecule has 0 spiro atoms. The van der Waals surface area contributed by atoms with E-state index >= 15 is 0 Å². The molecule has 0 saturated heterocycles. The third-order valence-corrected chi connectivity index (χ3v) is 4.08. The predicted molar refractivity (Wildman–Crippen MR) is 76.1 cm³/mol. The normalized spacial score (nSPS) is 16.7. The second kappa shape index (κ2) is 5.06. The van der Waals surface area contributed by atoms with Crippen molar-refractivity contribution < 1.29 is 4.79 Å². The van der Waals surface area contributed by atoms with Crippen molar-refractivity contribution in [3.8, 4) is 0 Å². The van der Waals surface area contributed by atoms with E-state index < -0.39 is 5.41 Å². The first-order chi connectivity index (χ1) is 8.54. The average Bonchev–Trinajstić information content (AvgIpc) is 2.26. The summed E-state index contributed by atoms with van der Waals surface area (Å²) in [5.41, 5.74) is 7.41. The molecule has 1 aromatic rings. The summed E-state index contributed by atoms with van der Waals surface area (Å²) in [5, 5.41) is 2.94. The van der Waals surface area contributed by atoms with Crippen LogP contribution in [0.2, 0.25) is 0 Å². The Morgan fingerprint density at radius 1 is 1.39 bits per heavy atom. The van der Waals surface area contributed by atoms with Gasteiger partial charge < -0.3 is 11.1 Å². The van der Waals surface area contributed by atoms with E-state index in [4.69, 9.17) is 18.0 Å². The van der Waals surface area contributed by atoms with Gasteiger partial charge in [0, 0.05) is 6.54 Å². The fourth-order valence-electron chi connectivity index (χ4n) is 2.17. The molecule has 1 amide bonds. The van der Waals surface area contributed by atoms with Gasteiger partial charge in [-0.2, -0.15) is 0 Å². The van der Waals surface area contributed by atoms with Crippen LogP contribution < -0.4 is 11.1 Å². The number of hydrogen-bond donors (Lipinski definition) is 2. The molecule has 0 unspecified atom stereocenters. The number of hydrogen-bond acceptors (Lipinski definition) is 2. The number of rotatable bonds is 4. The minimum absolute atomic E-state index is 0.0261. The molecule has 4 heteroatoms. The van der Waals surface area contributed by atoms with Gasteiger partial charge in [0.15, 0.2) is 0 Å². The fourth-order valence-corrected chi connectivity index (χ4v) is 2.47. The summed E-state index contributed by atoms with van der Waals surface area (Å²) in [5.74, 6) is -0.0261. The van der Waals surface area contributed by atoms with Crippen molar-refractivity contribution in [1.82, 2.24) is 5.32 Å². The Hall–Kier alpha value is -1.42. The van der Waals surface area contributed by atoms with Crippen molar-refractivity contribution in [3.63, 3.8) is 0 Å². The summed E-state index contributed by atoms with van der Waals surface area (Å²) < 4.78 is 0. The highest BCUT2D eigenvalue weighted by molar-refractivity contribution is 7.80. The van der Waals surface area contributed by atoms with Gasteiger partial charge in [-0.3, -0.25) is 4.79 Å². The van der Waals surface area contributed by atoms with Gasteiger partial charge in [0.25, 0.3) is 0 Å². The van der Waals surface area contributed by atoms with Crippen LogP contribution in [-0.2, 0) is 11.3 Å². The lowest BCUT2D eigenvalue weighted by Crippen LogP contribution is -2.52. The maximum absolute atomic E-state index is 12.2. The SMILES string of the molecule is Cc1ccc(CNC(=O)C2(C(N)=S)CCC2)cc1. The smallest absolute Gasteiger partial charge is 0.233 e. The zero-order valence-corrected chi connectivity index (χ0v) is 11.3. The zero-order valence-electron chi connectivity index (χ0n) is 10.5. The molecule has 0 aromatic heterocycles. The number of benzene rings is 1. The summed E-state index contributed by atoms with van der Waals surface area (Å²) in [6, 6.07) is 8.11. The molecule has 1 fully saturated rings. The third-order valence-electron chi connectivity index (χ3n) is 3.69. The molecular formula is C14H18N2OS. The van der Waals surface area contributed by atoms with Crippen LogP contribution in [0.4, 0.5) is 0 Å². The number of amides is 1. The van der Waals surface area contributed by atoms with Gasteiger partial charge in [0.05, 0.1) is 10.4 Å². The fraction of sp³-hybridized carbons (Fsp3) is 0.429. The summed E-state index contributed by atoms with van der Waals surface area (Å²) in [7, 11) is 0. The first-order valence-corrected chi connectivity index (χ1v) is 6.59. The molecule has 0 aliphatic heterocycles. The predicted octanol–water partition coefficient (Wildman–Crippen LogP) is 2.07. The number of carbonyl (C=O) groups excluding carboxylic acids is 1. The first kappa shape index (κ1) is 13.0. The van der Waals surface area contributed by atoms with Crippen molar-refractivity contribution in [2.45, 2.75) is 32.7 Å². The van der Waals surface area contributed by atoms with E-state index in [0.29, 0.717) is 11.5 Å². The van der Waals surface area contributed by atoms with E-state index in [1.54, 1.807) is 0 Å². The third kappa shape index (κ3) is 2.38. The van der Waals surface area contributed by atoms with Crippen LogP contribution in [0.25, 0.3) is 0 Å². The molecule has 0 radical (unpaired) electrons. The Morgan fingerprint density at radius 2 is 2.00 bits per heavy atom.